The summed E-state index contributed by atoms with van der Waals surface area (Å²) in [7, 11) is -4.28. The molecule has 0 heterocycles. The molecule has 1 rings (SSSR count). The number of amides is 2. The van der Waals surface area contributed by atoms with Gasteiger partial charge in [0.15, 0.2) is 0 Å². The molecule has 0 radical (unpaired) electrons. The Bertz CT molecular complexity index is 1160. The van der Waals surface area contributed by atoms with E-state index in [9.17, 15) is 45.9 Å². The van der Waals surface area contributed by atoms with E-state index in [2.05, 4.69) is 29.0 Å². The van der Waals surface area contributed by atoms with E-state index in [1.807, 2.05) is 0 Å². The fourth-order valence-corrected chi connectivity index (χ4v) is 3.48. The van der Waals surface area contributed by atoms with E-state index in [0.717, 1.165) is 0 Å². The lowest BCUT2D eigenvalue weighted by Gasteiger charge is -2.23. The van der Waals surface area contributed by atoms with Crippen molar-refractivity contribution in [2.24, 2.45) is 0 Å². The molecule has 0 aliphatic heterocycles. The van der Waals surface area contributed by atoms with Crippen LogP contribution in [0.4, 0.5) is 13.2 Å². The van der Waals surface area contributed by atoms with Crippen LogP contribution in [0.5, 0.6) is 5.75 Å². The molecule has 0 saturated carbocycles. The standard InChI is InChI=1S/C18H25N3O10S2.C2HF3O2/c19-11(5-6-33(29,30)31)15(32)17(26)20-12(7-9-1-3-10(22)4-2-9)16(25)21-13(18(27)28)8-14(23)24;3-2(4,5)1(6)7/h1-4,11-13,15,22,32H,5-8,19H2,(H,20,26)(H,21,25)(H,23,24)(H,27,28)(H,29,30,31);(H,6,7)/t11-,12+,13+,15-;/m1./s1. The van der Waals surface area contributed by atoms with Crippen LogP contribution in [0.2, 0.25) is 0 Å². The highest BCUT2D eigenvalue weighted by Gasteiger charge is 2.32. The zero-order chi connectivity index (χ0) is 31.4. The van der Waals surface area contributed by atoms with Crippen molar-refractivity contribution in [3.8, 4) is 5.75 Å². The number of aliphatic carboxylic acids is 3. The molecular weight excluding hydrogens is 595 g/mol. The molecule has 0 aliphatic carbocycles. The minimum Gasteiger partial charge on any atom is -0.542 e. The van der Waals surface area contributed by atoms with Crippen molar-refractivity contribution in [1.29, 1.82) is 0 Å². The molecule has 0 bridgehead atoms. The lowest BCUT2D eigenvalue weighted by molar-refractivity contribution is -0.416. The van der Waals surface area contributed by atoms with Gasteiger partial charge in [0.05, 0.1) is 12.2 Å². The van der Waals surface area contributed by atoms with E-state index in [4.69, 9.17) is 24.7 Å². The third-order valence-corrected chi connectivity index (χ3v) is 6.10. The van der Waals surface area contributed by atoms with Crippen LogP contribution >= 0.6 is 12.6 Å². The summed E-state index contributed by atoms with van der Waals surface area (Å²) in [5.41, 5.74) is 4.11. The maximum absolute atomic E-state index is 12.7. The summed E-state index contributed by atoms with van der Waals surface area (Å²) in [6, 6.07) is 1.60. The quantitative estimate of drug-likeness (QED) is 0.0806. The number of carboxylic acid groups (broad SMARTS) is 3. The van der Waals surface area contributed by atoms with Crippen LogP contribution in [0.25, 0.3) is 0 Å². The normalized spacial score (nSPS) is 14.3. The minimum absolute atomic E-state index is 0.0506. The maximum atomic E-state index is 12.7. The Labute approximate surface area is 229 Å². The van der Waals surface area contributed by atoms with Gasteiger partial charge in [0.1, 0.15) is 35.1 Å². The summed E-state index contributed by atoms with van der Waals surface area (Å²) in [6.45, 7) is 0. The van der Waals surface area contributed by atoms with Crippen LogP contribution in [-0.2, 0) is 40.5 Å². The van der Waals surface area contributed by atoms with Crippen molar-refractivity contribution in [2.45, 2.75) is 48.8 Å². The van der Waals surface area contributed by atoms with E-state index in [0.29, 0.717) is 5.56 Å². The lowest BCUT2D eigenvalue weighted by atomic mass is 10.0. The number of aromatic hydroxyl groups is 1. The molecule has 0 spiro atoms. The second-order valence-electron chi connectivity index (χ2n) is 7.99. The highest BCUT2D eigenvalue weighted by Crippen LogP contribution is 2.13. The fourth-order valence-electron chi connectivity index (χ4n) is 2.65. The molecule has 1 aromatic rings. The molecule has 2 amide bonds. The average molecular weight is 622 g/mol. The number of benzene rings is 1. The number of carboxylic acids is 3. The third kappa shape index (κ3) is 15.1. The van der Waals surface area contributed by atoms with E-state index in [1.54, 1.807) is 0 Å². The Kier molecular flexibility index (Phi) is 14.4. The van der Waals surface area contributed by atoms with Crippen LogP contribution in [0.3, 0.4) is 0 Å². The van der Waals surface area contributed by atoms with Crippen molar-refractivity contribution >= 4 is 52.5 Å². The summed E-state index contributed by atoms with van der Waals surface area (Å²) in [4.78, 5) is 56.2. The van der Waals surface area contributed by atoms with Gasteiger partial charge in [-0.2, -0.15) is 34.2 Å². The van der Waals surface area contributed by atoms with Crippen molar-refractivity contribution in [2.75, 3.05) is 5.75 Å². The number of hydrogen-bond acceptors (Lipinski definition) is 10. The Hall–Kier alpha value is -3.62. The van der Waals surface area contributed by atoms with Gasteiger partial charge < -0.3 is 41.6 Å². The van der Waals surface area contributed by atoms with Gasteiger partial charge in [0.2, 0.25) is 11.8 Å². The average Bonchev–Trinajstić information content (AvgIpc) is 2.81. The van der Waals surface area contributed by atoms with Crippen LogP contribution in [0.15, 0.2) is 24.3 Å². The van der Waals surface area contributed by atoms with Gasteiger partial charge in [-0.05, 0) is 17.7 Å². The molecule has 0 unspecified atom stereocenters. The Morgan fingerprint density at radius 2 is 1.48 bits per heavy atom. The number of carbonyl (C=O) groups is 5. The first-order valence-electron chi connectivity index (χ1n) is 10.7. The van der Waals surface area contributed by atoms with Crippen LogP contribution in [-0.4, -0.2) is 93.3 Å². The number of phenolic OH excluding ortho intramolecular Hbond substituents is 1. The van der Waals surface area contributed by atoms with Crippen LogP contribution in [0.1, 0.15) is 18.4 Å². The first-order valence-corrected chi connectivity index (χ1v) is 12.8. The van der Waals surface area contributed by atoms with Gasteiger partial charge in [0.25, 0.3) is 10.1 Å². The molecule has 4 atom stereocenters. The summed E-state index contributed by atoms with van der Waals surface area (Å²) in [5, 5.41) is 39.4. The molecule has 40 heavy (non-hydrogen) atoms. The number of carbonyl (C=O) groups excluding carboxylic acids is 3. The predicted molar refractivity (Wildman–Crippen MR) is 127 cm³/mol. The third-order valence-electron chi connectivity index (χ3n) is 4.70. The molecule has 0 saturated heterocycles. The van der Waals surface area contributed by atoms with Gasteiger partial charge in [0, 0.05) is 12.8 Å². The maximum Gasteiger partial charge on any atom is 0.430 e. The first kappa shape index (κ1) is 36.4. The van der Waals surface area contributed by atoms with Crippen LogP contribution < -0.4 is 21.5 Å². The van der Waals surface area contributed by atoms with E-state index in [1.165, 1.54) is 24.3 Å². The highest BCUT2D eigenvalue weighted by molar-refractivity contribution is 7.85. The monoisotopic (exact) mass is 621 g/mol. The Morgan fingerprint density at radius 3 is 1.88 bits per heavy atom. The lowest BCUT2D eigenvalue weighted by Crippen LogP contribution is -2.68. The van der Waals surface area contributed by atoms with E-state index in [-0.39, 0.29) is 18.6 Å². The smallest absolute Gasteiger partial charge is 0.430 e. The number of halogens is 3. The number of thiol groups is 1. The summed E-state index contributed by atoms with van der Waals surface area (Å²) < 4.78 is 62.2. The minimum atomic E-state index is -5.19. The number of alkyl halides is 3. The van der Waals surface area contributed by atoms with Gasteiger partial charge >= 0.3 is 18.1 Å². The molecule has 20 heteroatoms. The molecular formula is C20H26F3N3O12S2. The second kappa shape index (κ2) is 15.8. The van der Waals surface area contributed by atoms with Gasteiger partial charge in [-0.1, -0.05) is 12.1 Å². The molecule has 0 aliphatic rings. The van der Waals surface area contributed by atoms with Crippen molar-refractivity contribution in [1.82, 2.24) is 10.6 Å². The van der Waals surface area contributed by atoms with E-state index < -0.39 is 81.6 Å². The SMILES string of the molecule is O=C([O-])C(F)(F)F.[NH3+][C@H](CCS(=O)(=O)O)[C@@H](S)C(=O)N[C@@H](Cc1ccc(O)cc1)C(=O)N[C@@H](CC(=O)O)C(=O)O. The Balaban J connectivity index is 0.00000191. The topological polar surface area (TPSA) is 275 Å². The summed E-state index contributed by atoms with van der Waals surface area (Å²) in [6.07, 6.45) is -6.44. The Morgan fingerprint density at radius 1 is 1.00 bits per heavy atom. The number of hydrogen-bond donors (Lipinski definition) is 8. The van der Waals surface area contributed by atoms with Gasteiger partial charge in [-0.25, -0.2) is 4.79 Å². The largest absolute Gasteiger partial charge is 0.542 e. The number of nitrogens with one attached hydrogen (secondary N) is 2. The molecule has 9 N–H and O–H groups in total. The molecule has 0 fully saturated rings. The number of quaternary nitrogens is 1. The molecule has 0 aromatic heterocycles. The summed E-state index contributed by atoms with van der Waals surface area (Å²) in [5.74, 6) is -8.57. The van der Waals surface area contributed by atoms with Crippen molar-refractivity contribution < 1.29 is 76.3 Å². The van der Waals surface area contributed by atoms with Gasteiger partial charge in [-0.3, -0.25) is 18.9 Å². The number of rotatable bonds is 13. The van der Waals surface area contributed by atoms with E-state index >= 15 is 0 Å². The zero-order valence-corrected chi connectivity index (χ0v) is 21.9. The molecule has 1 aromatic carbocycles. The predicted octanol–water partition coefficient (Wildman–Crippen LogP) is -3.05. The fraction of sp³-hybridized carbons (Fsp3) is 0.450. The number of phenols is 1. The molecule has 226 valence electrons. The zero-order valence-electron chi connectivity index (χ0n) is 20.2. The summed E-state index contributed by atoms with van der Waals surface area (Å²) >= 11 is 4.09. The molecule has 15 nitrogen and oxygen atoms in total. The van der Waals surface area contributed by atoms with Crippen LogP contribution in [0, 0.1) is 0 Å². The second-order valence-corrected chi connectivity index (χ2v) is 10.1. The first-order chi connectivity index (χ1) is 18.1. The van der Waals surface area contributed by atoms with Gasteiger partial charge in [-0.15, -0.1) is 0 Å². The van der Waals surface area contributed by atoms with Crippen molar-refractivity contribution in [3.63, 3.8) is 0 Å². The highest BCUT2D eigenvalue weighted by atomic mass is 32.2. The van der Waals surface area contributed by atoms with Crippen molar-refractivity contribution in [3.05, 3.63) is 29.8 Å².